The highest BCUT2D eigenvalue weighted by Crippen LogP contribution is 2.39. The molecule has 0 fully saturated rings. The second-order valence-corrected chi connectivity index (χ2v) is 7.58. The quantitative estimate of drug-likeness (QED) is 0.798. The molecule has 2 N–H and O–H groups in total. The number of hydrogen-bond acceptors (Lipinski definition) is 5. The molecule has 0 unspecified atom stereocenters. The van der Waals surface area contributed by atoms with Crippen LogP contribution in [0.25, 0.3) is 0 Å². The molecule has 2 aliphatic rings. The Morgan fingerprint density at radius 2 is 2.17 bits per heavy atom. The molecular weight excluding hydrogens is 396 g/mol. The van der Waals surface area contributed by atoms with Gasteiger partial charge >= 0.3 is 0 Å². The Hall–Kier alpha value is -3.07. The number of rotatable bonds is 4. The van der Waals surface area contributed by atoms with Crippen molar-refractivity contribution in [1.29, 1.82) is 0 Å². The van der Waals surface area contributed by atoms with Gasteiger partial charge in [-0.05, 0) is 25.0 Å². The van der Waals surface area contributed by atoms with Gasteiger partial charge in [0.05, 0.1) is 12.2 Å². The van der Waals surface area contributed by atoms with E-state index in [9.17, 15) is 18.4 Å². The van der Waals surface area contributed by atoms with Gasteiger partial charge in [-0.1, -0.05) is 13.3 Å². The van der Waals surface area contributed by atoms with Crippen LogP contribution in [0.1, 0.15) is 48.3 Å². The third-order valence-corrected chi connectivity index (χ3v) is 5.36. The number of anilines is 1. The highest BCUT2D eigenvalue weighted by molar-refractivity contribution is 6.01. The summed E-state index contributed by atoms with van der Waals surface area (Å²) in [4.78, 5) is 29.4. The summed E-state index contributed by atoms with van der Waals surface area (Å²) < 4.78 is 38.6. The van der Waals surface area contributed by atoms with Gasteiger partial charge in [-0.2, -0.15) is 0 Å². The summed E-state index contributed by atoms with van der Waals surface area (Å²) in [5.41, 5.74) is 1.20. The molecule has 0 aliphatic carbocycles. The molecule has 4 rings (SSSR count). The van der Waals surface area contributed by atoms with E-state index in [-0.39, 0.29) is 23.7 Å². The van der Waals surface area contributed by atoms with Gasteiger partial charge in [0.15, 0.2) is 5.82 Å². The standard InChI is InChI=1S/C21H21F2N3O4/c1-3-4-21(2)13-7-15(24-8-11(13)9-30-21)19(27)25-16-10-29-17-6-12(22)5-14(23)18(17)26-20(16)28/h5-8,16H,3-4,9-10H2,1-2H3,(H,25,27)(H,26,28)/t16-,21+/m0/s1. The van der Waals surface area contributed by atoms with Crippen molar-refractivity contribution in [1.82, 2.24) is 10.3 Å². The predicted molar refractivity (Wildman–Crippen MR) is 103 cm³/mol. The Morgan fingerprint density at radius 1 is 1.37 bits per heavy atom. The number of fused-ring (bicyclic) bond motifs is 2. The maximum absolute atomic E-state index is 14.0. The second kappa shape index (κ2) is 7.64. The number of hydrogen-bond donors (Lipinski definition) is 2. The normalized spacial score (nSPS) is 22.4. The molecule has 2 aromatic rings. The van der Waals surface area contributed by atoms with Crippen molar-refractivity contribution < 1.29 is 27.8 Å². The minimum atomic E-state index is -1.11. The fraction of sp³-hybridized carbons (Fsp3) is 0.381. The minimum Gasteiger partial charge on any atom is -0.488 e. The second-order valence-electron chi connectivity index (χ2n) is 7.58. The van der Waals surface area contributed by atoms with E-state index in [2.05, 4.69) is 22.5 Å². The zero-order valence-corrected chi connectivity index (χ0v) is 16.6. The molecule has 9 heteroatoms. The van der Waals surface area contributed by atoms with Crippen molar-refractivity contribution in [2.45, 2.75) is 44.9 Å². The lowest BCUT2D eigenvalue weighted by atomic mass is 9.90. The molecule has 2 atom stereocenters. The first kappa shape index (κ1) is 20.2. The lowest BCUT2D eigenvalue weighted by Crippen LogP contribution is -2.46. The molecule has 0 radical (unpaired) electrons. The lowest BCUT2D eigenvalue weighted by molar-refractivity contribution is -0.118. The fourth-order valence-electron chi connectivity index (χ4n) is 3.80. The number of benzene rings is 1. The highest BCUT2D eigenvalue weighted by atomic mass is 19.1. The summed E-state index contributed by atoms with van der Waals surface area (Å²) in [6.45, 7) is 4.18. The monoisotopic (exact) mass is 417 g/mol. The summed E-state index contributed by atoms with van der Waals surface area (Å²) in [5.74, 6) is -3.18. The Labute approximate surface area is 171 Å². The Bertz CT molecular complexity index is 1030. The van der Waals surface area contributed by atoms with Crippen LogP contribution in [-0.4, -0.2) is 29.4 Å². The Morgan fingerprint density at radius 3 is 2.93 bits per heavy atom. The number of carbonyl (C=O) groups excluding carboxylic acids is 2. The van der Waals surface area contributed by atoms with E-state index in [4.69, 9.17) is 9.47 Å². The smallest absolute Gasteiger partial charge is 0.270 e. The topological polar surface area (TPSA) is 89.6 Å². The Balaban J connectivity index is 1.52. The van der Waals surface area contributed by atoms with E-state index in [1.807, 2.05) is 6.92 Å². The van der Waals surface area contributed by atoms with Gasteiger partial charge in [-0.15, -0.1) is 0 Å². The van der Waals surface area contributed by atoms with Crippen LogP contribution in [0, 0.1) is 11.6 Å². The Kier molecular flexibility index (Phi) is 5.15. The third kappa shape index (κ3) is 3.60. The van der Waals surface area contributed by atoms with E-state index in [1.165, 1.54) is 0 Å². The number of carbonyl (C=O) groups is 2. The van der Waals surface area contributed by atoms with Gasteiger partial charge in [0.2, 0.25) is 0 Å². The van der Waals surface area contributed by atoms with Crippen molar-refractivity contribution in [2.75, 3.05) is 11.9 Å². The zero-order valence-electron chi connectivity index (χ0n) is 16.6. The van der Waals surface area contributed by atoms with Gasteiger partial charge < -0.3 is 20.1 Å². The zero-order chi connectivity index (χ0) is 21.5. The fourth-order valence-corrected chi connectivity index (χ4v) is 3.80. The van der Waals surface area contributed by atoms with E-state index < -0.39 is 35.1 Å². The molecule has 1 aromatic carbocycles. The largest absolute Gasteiger partial charge is 0.488 e. The summed E-state index contributed by atoms with van der Waals surface area (Å²) in [6, 6.07) is 2.18. The van der Waals surface area contributed by atoms with Gasteiger partial charge in [-0.25, -0.2) is 8.78 Å². The average Bonchev–Trinajstić information content (AvgIpc) is 2.94. The lowest BCUT2D eigenvalue weighted by Gasteiger charge is -2.24. The van der Waals surface area contributed by atoms with E-state index in [1.54, 1.807) is 12.3 Å². The van der Waals surface area contributed by atoms with Crippen molar-refractivity contribution in [3.63, 3.8) is 0 Å². The van der Waals surface area contributed by atoms with E-state index >= 15 is 0 Å². The maximum atomic E-state index is 14.0. The molecule has 0 bridgehead atoms. The van der Waals surface area contributed by atoms with Crippen molar-refractivity contribution >= 4 is 17.5 Å². The molecule has 30 heavy (non-hydrogen) atoms. The van der Waals surface area contributed by atoms with Gasteiger partial charge in [0, 0.05) is 23.9 Å². The number of pyridine rings is 1. The summed E-state index contributed by atoms with van der Waals surface area (Å²) >= 11 is 0. The number of aromatic nitrogens is 1. The number of ether oxygens (including phenoxy) is 2. The SMILES string of the molecule is CCC[C@@]1(C)OCc2cnc(C(=O)N[C@H]3COc4cc(F)cc(F)c4NC3=O)cc21. The van der Waals surface area contributed by atoms with Crippen LogP contribution in [0.5, 0.6) is 5.75 Å². The van der Waals surface area contributed by atoms with Crippen molar-refractivity contribution in [3.05, 3.63) is 52.9 Å². The van der Waals surface area contributed by atoms with Gasteiger partial charge in [0.25, 0.3) is 11.8 Å². The van der Waals surface area contributed by atoms with E-state index in [0.29, 0.717) is 12.7 Å². The molecule has 158 valence electrons. The molecular formula is C21H21F2N3O4. The number of nitrogens with one attached hydrogen (secondary N) is 2. The first-order chi connectivity index (χ1) is 14.3. The molecule has 0 spiro atoms. The predicted octanol–water partition coefficient (Wildman–Crippen LogP) is 3.03. The number of amides is 2. The first-order valence-electron chi connectivity index (χ1n) is 9.67. The molecule has 0 saturated carbocycles. The van der Waals surface area contributed by atoms with Crippen LogP contribution in [-0.2, 0) is 21.7 Å². The number of nitrogens with zero attached hydrogens (tertiary/aromatic N) is 1. The van der Waals surface area contributed by atoms with Crippen LogP contribution in [0.4, 0.5) is 14.5 Å². The molecule has 7 nitrogen and oxygen atoms in total. The maximum Gasteiger partial charge on any atom is 0.270 e. The summed E-state index contributed by atoms with van der Waals surface area (Å²) in [6.07, 6.45) is 3.31. The third-order valence-electron chi connectivity index (χ3n) is 5.36. The molecule has 3 heterocycles. The number of halogens is 2. The average molecular weight is 417 g/mol. The summed E-state index contributed by atoms with van der Waals surface area (Å²) in [5, 5.41) is 4.88. The van der Waals surface area contributed by atoms with Crippen LogP contribution >= 0.6 is 0 Å². The van der Waals surface area contributed by atoms with Crippen LogP contribution < -0.4 is 15.4 Å². The minimum absolute atomic E-state index is 0.133. The molecule has 2 amide bonds. The van der Waals surface area contributed by atoms with Gasteiger partial charge in [0.1, 0.15) is 35.6 Å². The van der Waals surface area contributed by atoms with Crippen LogP contribution in [0.15, 0.2) is 24.4 Å². The molecule has 0 saturated heterocycles. The van der Waals surface area contributed by atoms with Crippen molar-refractivity contribution in [2.24, 2.45) is 0 Å². The first-order valence-corrected chi connectivity index (χ1v) is 9.67. The van der Waals surface area contributed by atoms with Crippen molar-refractivity contribution in [3.8, 4) is 5.75 Å². The highest BCUT2D eigenvalue weighted by Gasteiger charge is 2.36. The van der Waals surface area contributed by atoms with Gasteiger partial charge in [-0.3, -0.25) is 14.6 Å². The molecule has 1 aromatic heterocycles. The summed E-state index contributed by atoms with van der Waals surface area (Å²) in [7, 11) is 0. The van der Waals surface area contributed by atoms with E-state index in [0.717, 1.165) is 30.0 Å². The van der Waals surface area contributed by atoms with Crippen LogP contribution in [0.3, 0.4) is 0 Å². The van der Waals surface area contributed by atoms with Crippen LogP contribution in [0.2, 0.25) is 0 Å². The molecule has 2 aliphatic heterocycles.